The van der Waals surface area contributed by atoms with Gasteiger partial charge in [-0.1, -0.05) is 29.8 Å². The number of aromatic nitrogens is 1. The molecule has 2 N–H and O–H groups in total. The molecule has 16 heavy (non-hydrogen) atoms. The van der Waals surface area contributed by atoms with Crippen molar-refractivity contribution in [3.63, 3.8) is 0 Å². The van der Waals surface area contributed by atoms with Crippen LogP contribution in [0.4, 0.5) is 0 Å². The molecular weight excluding hydrogens is 200 g/mol. The quantitative estimate of drug-likeness (QED) is 0.852. The van der Waals surface area contributed by atoms with Gasteiger partial charge in [-0.15, -0.1) is 0 Å². The zero-order valence-corrected chi connectivity index (χ0v) is 9.44. The molecule has 2 aromatic rings. The van der Waals surface area contributed by atoms with Crippen LogP contribution in [0.1, 0.15) is 22.8 Å². The second-order valence-corrected chi connectivity index (χ2v) is 3.91. The van der Waals surface area contributed by atoms with Gasteiger partial charge >= 0.3 is 0 Å². The minimum atomic E-state index is 0.366. The molecule has 0 amide bonds. The van der Waals surface area contributed by atoms with Gasteiger partial charge in [-0.25, -0.2) is 4.98 Å². The number of nitrogens with zero attached hydrogens (tertiary/aromatic N) is 1. The largest absolute Gasteiger partial charge is 0.444 e. The van der Waals surface area contributed by atoms with Gasteiger partial charge < -0.3 is 10.2 Å². The van der Waals surface area contributed by atoms with Crippen LogP contribution in [0.25, 0.3) is 0 Å². The lowest BCUT2D eigenvalue weighted by molar-refractivity contribution is 0.456. The van der Waals surface area contributed by atoms with Gasteiger partial charge in [0.2, 0.25) is 5.89 Å². The highest BCUT2D eigenvalue weighted by molar-refractivity contribution is 5.21. The fraction of sp³-hybridized carbons (Fsp3) is 0.308. The zero-order chi connectivity index (χ0) is 11.4. The molecule has 0 atom stereocenters. The molecule has 0 saturated carbocycles. The van der Waals surface area contributed by atoms with Gasteiger partial charge in [0.05, 0.1) is 12.7 Å². The third-order valence-electron chi connectivity index (χ3n) is 2.56. The fourth-order valence-electron chi connectivity index (χ4n) is 1.58. The van der Waals surface area contributed by atoms with E-state index in [9.17, 15) is 0 Å². The first-order chi connectivity index (χ1) is 7.78. The maximum absolute atomic E-state index is 5.44. The van der Waals surface area contributed by atoms with E-state index in [1.165, 1.54) is 11.1 Å². The average Bonchev–Trinajstić information content (AvgIpc) is 2.76. The summed E-state index contributed by atoms with van der Waals surface area (Å²) in [6, 6.07) is 8.55. The van der Waals surface area contributed by atoms with E-state index in [0.29, 0.717) is 12.4 Å². The molecule has 0 unspecified atom stereocenters. The van der Waals surface area contributed by atoms with Crippen molar-refractivity contribution in [3.05, 3.63) is 53.2 Å². The van der Waals surface area contributed by atoms with Crippen LogP contribution in [0.5, 0.6) is 0 Å². The molecule has 0 aliphatic heterocycles. The summed E-state index contributed by atoms with van der Waals surface area (Å²) in [7, 11) is 0. The standard InChI is InChI=1S/C13H16N2O/c1-10-2-4-11(5-3-10)6-7-12-9-15-13(8-14)16-12/h2-5,9H,6-8,14H2,1H3. The molecule has 0 aliphatic carbocycles. The minimum Gasteiger partial charge on any atom is -0.444 e. The van der Waals surface area contributed by atoms with E-state index in [-0.39, 0.29) is 0 Å². The van der Waals surface area contributed by atoms with Crippen LogP contribution < -0.4 is 5.73 Å². The molecule has 3 heteroatoms. The van der Waals surface area contributed by atoms with E-state index >= 15 is 0 Å². The Balaban J connectivity index is 1.94. The zero-order valence-electron chi connectivity index (χ0n) is 9.44. The highest BCUT2D eigenvalue weighted by Gasteiger charge is 2.02. The van der Waals surface area contributed by atoms with Gasteiger partial charge in [0.15, 0.2) is 0 Å². The highest BCUT2D eigenvalue weighted by atomic mass is 16.4. The lowest BCUT2D eigenvalue weighted by atomic mass is 10.1. The Bertz CT molecular complexity index is 445. The molecule has 0 spiro atoms. The molecule has 0 aliphatic rings. The van der Waals surface area contributed by atoms with Crippen LogP contribution in [0, 0.1) is 6.92 Å². The van der Waals surface area contributed by atoms with Crippen molar-refractivity contribution in [1.29, 1.82) is 0 Å². The normalized spacial score (nSPS) is 10.6. The number of benzene rings is 1. The summed E-state index contributed by atoms with van der Waals surface area (Å²) in [4.78, 5) is 4.07. The van der Waals surface area contributed by atoms with E-state index < -0.39 is 0 Å². The van der Waals surface area contributed by atoms with Crippen molar-refractivity contribution in [2.75, 3.05) is 0 Å². The summed E-state index contributed by atoms with van der Waals surface area (Å²) in [5.41, 5.74) is 8.03. The van der Waals surface area contributed by atoms with Crippen LogP contribution >= 0.6 is 0 Å². The molecule has 84 valence electrons. The van der Waals surface area contributed by atoms with Gasteiger partial charge in [-0.05, 0) is 18.9 Å². The first-order valence-electron chi connectivity index (χ1n) is 5.47. The Labute approximate surface area is 95.3 Å². The topological polar surface area (TPSA) is 52.0 Å². The Hall–Kier alpha value is -1.61. The molecule has 0 bridgehead atoms. The second-order valence-electron chi connectivity index (χ2n) is 3.91. The van der Waals surface area contributed by atoms with Gasteiger partial charge in [0.25, 0.3) is 0 Å². The number of nitrogens with two attached hydrogens (primary N) is 1. The van der Waals surface area contributed by atoms with Crippen LogP contribution in [0.3, 0.4) is 0 Å². The first-order valence-corrected chi connectivity index (χ1v) is 5.47. The van der Waals surface area contributed by atoms with E-state index in [1.807, 2.05) is 0 Å². The van der Waals surface area contributed by atoms with Gasteiger partial charge in [0.1, 0.15) is 5.76 Å². The number of oxazole rings is 1. The first kappa shape index (κ1) is 10.9. The molecule has 0 saturated heterocycles. The van der Waals surface area contributed by atoms with Crippen LogP contribution in [0.15, 0.2) is 34.9 Å². The van der Waals surface area contributed by atoms with Crippen molar-refractivity contribution in [2.45, 2.75) is 26.3 Å². The van der Waals surface area contributed by atoms with E-state index in [4.69, 9.17) is 10.2 Å². The van der Waals surface area contributed by atoms with Crippen molar-refractivity contribution in [3.8, 4) is 0 Å². The van der Waals surface area contributed by atoms with E-state index in [1.54, 1.807) is 6.20 Å². The third-order valence-corrected chi connectivity index (χ3v) is 2.56. The fourth-order valence-corrected chi connectivity index (χ4v) is 1.58. The Morgan fingerprint density at radius 2 is 1.94 bits per heavy atom. The van der Waals surface area contributed by atoms with Crippen molar-refractivity contribution in [1.82, 2.24) is 4.98 Å². The SMILES string of the molecule is Cc1ccc(CCc2cnc(CN)o2)cc1. The summed E-state index contributed by atoms with van der Waals surface area (Å²) in [5, 5.41) is 0. The summed E-state index contributed by atoms with van der Waals surface area (Å²) >= 11 is 0. The second kappa shape index (κ2) is 4.94. The number of rotatable bonds is 4. The summed E-state index contributed by atoms with van der Waals surface area (Å²) in [6.45, 7) is 2.46. The van der Waals surface area contributed by atoms with Gasteiger partial charge in [-0.2, -0.15) is 0 Å². The molecule has 2 rings (SSSR count). The van der Waals surface area contributed by atoms with Crippen LogP contribution in [-0.4, -0.2) is 4.98 Å². The van der Waals surface area contributed by atoms with E-state index in [0.717, 1.165) is 18.6 Å². The Kier molecular flexibility index (Phi) is 3.37. The summed E-state index contributed by atoms with van der Waals surface area (Å²) < 4.78 is 5.44. The molecule has 1 heterocycles. The predicted molar refractivity (Wildman–Crippen MR) is 63.0 cm³/mol. The monoisotopic (exact) mass is 216 g/mol. The summed E-state index contributed by atoms with van der Waals surface area (Å²) in [6.07, 6.45) is 3.60. The van der Waals surface area contributed by atoms with Crippen molar-refractivity contribution < 1.29 is 4.42 Å². The molecule has 1 aromatic carbocycles. The molecule has 0 radical (unpaired) electrons. The summed E-state index contributed by atoms with van der Waals surface area (Å²) in [5.74, 6) is 1.51. The Morgan fingerprint density at radius 1 is 1.19 bits per heavy atom. The van der Waals surface area contributed by atoms with Gasteiger partial charge in [0, 0.05) is 6.42 Å². The van der Waals surface area contributed by atoms with E-state index in [2.05, 4.69) is 36.2 Å². The lowest BCUT2D eigenvalue weighted by Gasteiger charge is -1.99. The highest BCUT2D eigenvalue weighted by Crippen LogP contribution is 2.09. The average molecular weight is 216 g/mol. The molecular formula is C13H16N2O. The molecule has 3 nitrogen and oxygen atoms in total. The number of hydrogen-bond acceptors (Lipinski definition) is 3. The van der Waals surface area contributed by atoms with Crippen LogP contribution in [-0.2, 0) is 19.4 Å². The lowest BCUT2D eigenvalue weighted by Crippen LogP contribution is -1.95. The molecule has 0 fully saturated rings. The Morgan fingerprint density at radius 3 is 2.56 bits per heavy atom. The van der Waals surface area contributed by atoms with Gasteiger partial charge in [-0.3, -0.25) is 0 Å². The number of hydrogen-bond donors (Lipinski definition) is 1. The third kappa shape index (κ3) is 2.70. The van der Waals surface area contributed by atoms with Crippen molar-refractivity contribution in [2.24, 2.45) is 5.73 Å². The number of aryl methyl sites for hydroxylation is 3. The van der Waals surface area contributed by atoms with Crippen molar-refractivity contribution >= 4 is 0 Å². The smallest absolute Gasteiger partial charge is 0.208 e. The molecule has 1 aromatic heterocycles. The maximum atomic E-state index is 5.44. The maximum Gasteiger partial charge on any atom is 0.208 e. The van der Waals surface area contributed by atoms with Crippen LogP contribution in [0.2, 0.25) is 0 Å². The minimum absolute atomic E-state index is 0.366. The predicted octanol–water partition coefficient (Wildman–Crippen LogP) is 2.23.